The molecule has 0 aromatic carbocycles. The van der Waals surface area contributed by atoms with Crippen LogP contribution < -0.4 is 4.90 Å². The van der Waals surface area contributed by atoms with Crippen LogP contribution in [-0.2, 0) is 17.1 Å². The number of aromatic nitrogens is 4. The third-order valence-electron chi connectivity index (χ3n) is 3.90. The van der Waals surface area contributed by atoms with Crippen LogP contribution in [0.5, 0.6) is 0 Å². The lowest BCUT2D eigenvalue weighted by molar-refractivity contribution is 0.384. The molecule has 2 aromatic heterocycles. The highest BCUT2D eigenvalue weighted by atomic mass is 32.2. The van der Waals surface area contributed by atoms with E-state index in [-0.39, 0.29) is 5.75 Å². The molecular weight excluding hydrogens is 304 g/mol. The van der Waals surface area contributed by atoms with Crippen molar-refractivity contribution in [2.24, 2.45) is 7.05 Å². The molecule has 22 heavy (non-hydrogen) atoms. The Balaban J connectivity index is 1.79. The van der Waals surface area contributed by atoms with Gasteiger partial charge in [-0.05, 0) is 6.42 Å². The molecule has 0 aliphatic carbocycles. The third-order valence-corrected chi connectivity index (χ3v) is 5.98. The van der Waals surface area contributed by atoms with Crippen LogP contribution in [0.15, 0.2) is 12.5 Å². The van der Waals surface area contributed by atoms with Crippen molar-refractivity contribution in [3.63, 3.8) is 0 Å². The Hall–Kier alpha value is -1.74. The smallest absolute Gasteiger partial charge is 0.214 e. The summed E-state index contributed by atoms with van der Waals surface area (Å²) in [6.07, 6.45) is 3.93. The van der Waals surface area contributed by atoms with E-state index in [4.69, 9.17) is 0 Å². The quantitative estimate of drug-likeness (QED) is 0.800. The lowest BCUT2D eigenvalue weighted by Gasteiger charge is -2.34. The average Bonchev–Trinajstić information content (AvgIpc) is 2.89. The predicted octanol–water partition coefficient (Wildman–Crippen LogP) is 0.225. The first-order chi connectivity index (χ1) is 10.5. The van der Waals surface area contributed by atoms with Gasteiger partial charge in [-0.3, -0.25) is 4.68 Å². The second kappa shape index (κ2) is 5.81. The topological polar surface area (TPSA) is 84.2 Å². The van der Waals surface area contributed by atoms with E-state index in [1.807, 2.05) is 14.0 Å². The summed E-state index contributed by atoms with van der Waals surface area (Å²) in [4.78, 5) is 10.7. The zero-order valence-electron chi connectivity index (χ0n) is 12.8. The van der Waals surface area contributed by atoms with Crippen LogP contribution in [0.25, 0.3) is 11.0 Å². The largest absolute Gasteiger partial charge is 0.353 e. The van der Waals surface area contributed by atoms with Crippen LogP contribution in [0.2, 0.25) is 0 Å². The van der Waals surface area contributed by atoms with Crippen LogP contribution >= 0.6 is 0 Å². The Morgan fingerprint density at radius 1 is 1.18 bits per heavy atom. The summed E-state index contributed by atoms with van der Waals surface area (Å²) in [5, 5.41) is 5.11. The monoisotopic (exact) mass is 324 g/mol. The van der Waals surface area contributed by atoms with E-state index in [1.165, 1.54) is 6.33 Å². The van der Waals surface area contributed by atoms with Gasteiger partial charge in [-0.1, -0.05) is 6.92 Å². The molecule has 0 bridgehead atoms. The van der Waals surface area contributed by atoms with Gasteiger partial charge in [0.05, 0.1) is 17.3 Å². The number of fused-ring (bicyclic) bond motifs is 1. The molecule has 0 radical (unpaired) electrons. The minimum absolute atomic E-state index is 0.216. The second-order valence-electron chi connectivity index (χ2n) is 5.40. The van der Waals surface area contributed by atoms with Gasteiger partial charge >= 0.3 is 0 Å². The molecule has 0 spiro atoms. The van der Waals surface area contributed by atoms with Gasteiger partial charge in [0.2, 0.25) is 10.0 Å². The maximum atomic E-state index is 12.1. The zero-order chi connectivity index (χ0) is 15.7. The van der Waals surface area contributed by atoms with Gasteiger partial charge in [0.25, 0.3) is 0 Å². The number of hydrogen-bond donors (Lipinski definition) is 0. The van der Waals surface area contributed by atoms with Crippen molar-refractivity contribution in [2.45, 2.75) is 13.3 Å². The molecule has 1 aliphatic rings. The first kappa shape index (κ1) is 15.2. The van der Waals surface area contributed by atoms with Crippen molar-refractivity contribution in [1.82, 2.24) is 24.1 Å². The van der Waals surface area contributed by atoms with Crippen molar-refractivity contribution >= 4 is 26.9 Å². The highest BCUT2D eigenvalue weighted by molar-refractivity contribution is 7.89. The summed E-state index contributed by atoms with van der Waals surface area (Å²) in [6, 6.07) is 0. The van der Waals surface area contributed by atoms with Crippen LogP contribution in [0.4, 0.5) is 5.82 Å². The van der Waals surface area contributed by atoms with E-state index < -0.39 is 10.0 Å². The van der Waals surface area contributed by atoms with E-state index in [0.717, 1.165) is 16.9 Å². The fourth-order valence-corrected chi connectivity index (χ4v) is 4.26. The Bertz CT molecular complexity index is 764. The van der Waals surface area contributed by atoms with E-state index in [0.29, 0.717) is 32.6 Å². The number of hydrogen-bond acceptors (Lipinski definition) is 6. The molecule has 0 atom stereocenters. The number of anilines is 1. The molecule has 2 aromatic rings. The number of nitrogens with zero attached hydrogens (tertiary/aromatic N) is 6. The highest BCUT2D eigenvalue weighted by Gasteiger charge is 2.27. The standard InChI is InChI=1S/C13H20N6O2S/c1-3-8-22(20,21)19-6-4-18(5-7-19)13-11-9-16-17(2)12(11)14-10-15-13/h9-10H,3-8H2,1-2H3. The third kappa shape index (κ3) is 2.66. The van der Waals surface area contributed by atoms with Gasteiger partial charge in [0.1, 0.15) is 12.1 Å². The first-order valence-electron chi connectivity index (χ1n) is 7.38. The molecule has 0 N–H and O–H groups in total. The minimum atomic E-state index is -3.12. The molecule has 0 unspecified atom stereocenters. The number of sulfonamides is 1. The molecule has 3 rings (SSSR count). The summed E-state index contributed by atoms with van der Waals surface area (Å²) in [5.41, 5.74) is 0.783. The maximum Gasteiger partial charge on any atom is 0.214 e. The van der Waals surface area contributed by atoms with E-state index in [1.54, 1.807) is 15.2 Å². The predicted molar refractivity (Wildman–Crippen MR) is 84.2 cm³/mol. The van der Waals surface area contributed by atoms with Crippen LogP contribution in [0.3, 0.4) is 0 Å². The number of piperazine rings is 1. The van der Waals surface area contributed by atoms with Crippen LogP contribution in [-0.4, -0.2) is 64.4 Å². The fourth-order valence-electron chi connectivity index (χ4n) is 2.77. The van der Waals surface area contributed by atoms with Crippen LogP contribution in [0.1, 0.15) is 13.3 Å². The Labute approximate surface area is 129 Å². The molecule has 0 amide bonds. The van der Waals surface area contributed by atoms with Gasteiger partial charge in [0.15, 0.2) is 5.65 Å². The van der Waals surface area contributed by atoms with Crippen molar-refractivity contribution in [3.8, 4) is 0 Å². The van der Waals surface area contributed by atoms with Crippen molar-refractivity contribution in [1.29, 1.82) is 0 Å². The van der Waals surface area contributed by atoms with Crippen molar-refractivity contribution in [3.05, 3.63) is 12.5 Å². The normalized spacial score (nSPS) is 17.3. The second-order valence-corrected chi connectivity index (χ2v) is 7.49. The summed E-state index contributed by atoms with van der Waals surface area (Å²) >= 11 is 0. The maximum absolute atomic E-state index is 12.1. The van der Waals surface area contributed by atoms with E-state index >= 15 is 0 Å². The molecule has 9 heteroatoms. The molecular formula is C13H20N6O2S. The van der Waals surface area contributed by atoms with E-state index in [2.05, 4.69) is 20.0 Å². The summed E-state index contributed by atoms with van der Waals surface area (Å²) in [6.45, 7) is 4.13. The lowest BCUT2D eigenvalue weighted by atomic mass is 10.3. The van der Waals surface area contributed by atoms with Gasteiger partial charge < -0.3 is 4.90 Å². The molecule has 1 aliphatic heterocycles. The minimum Gasteiger partial charge on any atom is -0.353 e. The van der Waals surface area contributed by atoms with Gasteiger partial charge in [0, 0.05) is 33.2 Å². The Kier molecular flexibility index (Phi) is 4.00. The Morgan fingerprint density at radius 3 is 2.59 bits per heavy atom. The average molecular weight is 324 g/mol. The van der Waals surface area contributed by atoms with Crippen molar-refractivity contribution < 1.29 is 8.42 Å². The van der Waals surface area contributed by atoms with Crippen LogP contribution in [0, 0.1) is 0 Å². The summed E-state index contributed by atoms with van der Waals surface area (Å²) in [5.74, 6) is 1.04. The fraction of sp³-hybridized carbons (Fsp3) is 0.615. The molecule has 3 heterocycles. The molecule has 120 valence electrons. The molecule has 1 saturated heterocycles. The molecule has 0 saturated carbocycles. The Morgan fingerprint density at radius 2 is 1.91 bits per heavy atom. The van der Waals surface area contributed by atoms with E-state index in [9.17, 15) is 8.42 Å². The SMILES string of the molecule is CCCS(=O)(=O)N1CCN(c2ncnc3c2cnn3C)CC1. The number of rotatable bonds is 4. The zero-order valence-corrected chi connectivity index (χ0v) is 13.6. The molecule has 8 nitrogen and oxygen atoms in total. The van der Waals surface area contributed by atoms with Gasteiger partial charge in [-0.2, -0.15) is 9.40 Å². The summed E-state index contributed by atoms with van der Waals surface area (Å²) < 4.78 is 27.5. The first-order valence-corrected chi connectivity index (χ1v) is 8.99. The van der Waals surface area contributed by atoms with Crippen molar-refractivity contribution in [2.75, 3.05) is 36.8 Å². The van der Waals surface area contributed by atoms with Gasteiger partial charge in [-0.25, -0.2) is 18.4 Å². The number of aryl methyl sites for hydroxylation is 1. The summed E-state index contributed by atoms with van der Waals surface area (Å²) in [7, 11) is -1.28. The lowest BCUT2D eigenvalue weighted by Crippen LogP contribution is -2.49. The molecule has 1 fully saturated rings. The highest BCUT2D eigenvalue weighted by Crippen LogP contribution is 2.23. The van der Waals surface area contributed by atoms with Gasteiger partial charge in [-0.15, -0.1) is 0 Å².